The standard InChI is InChI=1S/C28H30N2O2S/c1-20-11-8-9-18-25(20)30-28(32)26(21-12-4-2-5-13-21)33-24-17-10-16-23(19-24)29-27(31)22-14-6-3-7-15-22/h2,4-5,8-13,16-19,22,26H,3,6-7,14-15H2,1H3,(H,29,31)(H,30,32). The van der Waals surface area contributed by atoms with Crippen LogP contribution < -0.4 is 10.6 Å². The van der Waals surface area contributed by atoms with Gasteiger partial charge in [0.05, 0.1) is 0 Å². The molecule has 2 amide bonds. The Labute approximate surface area is 200 Å². The molecule has 5 heteroatoms. The summed E-state index contributed by atoms with van der Waals surface area (Å²) < 4.78 is 0. The normalized spacial score (nSPS) is 14.9. The van der Waals surface area contributed by atoms with Crippen LogP contribution in [0.2, 0.25) is 0 Å². The van der Waals surface area contributed by atoms with E-state index in [0.29, 0.717) is 0 Å². The van der Waals surface area contributed by atoms with Crippen LogP contribution in [0.4, 0.5) is 11.4 Å². The lowest BCUT2D eigenvalue weighted by atomic mass is 9.88. The Hall–Kier alpha value is -3.05. The van der Waals surface area contributed by atoms with Crippen LogP contribution in [0.1, 0.15) is 48.5 Å². The van der Waals surface area contributed by atoms with Crippen molar-refractivity contribution in [2.45, 2.75) is 49.2 Å². The number of benzene rings is 3. The number of para-hydroxylation sites is 1. The van der Waals surface area contributed by atoms with Crippen molar-refractivity contribution in [3.05, 3.63) is 90.0 Å². The van der Waals surface area contributed by atoms with E-state index in [4.69, 9.17) is 0 Å². The van der Waals surface area contributed by atoms with Crippen molar-refractivity contribution in [1.82, 2.24) is 0 Å². The molecule has 1 aliphatic rings. The van der Waals surface area contributed by atoms with Gasteiger partial charge in [-0.25, -0.2) is 0 Å². The van der Waals surface area contributed by atoms with Crippen molar-refractivity contribution in [2.24, 2.45) is 5.92 Å². The Morgan fingerprint density at radius 1 is 0.848 bits per heavy atom. The van der Waals surface area contributed by atoms with E-state index in [1.165, 1.54) is 18.2 Å². The number of thioether (sulfide) groups is 1. The molecular formula is C28H30N2O2S. The van der Waals surface area contributed by atoms with Crippen LogP contribution in [0.15, 0.2) is 83.8 Å². The maximum absolute atomic E-state index is 13.3. The van der Waals surface area contributed by atoms with Crippen molar-refractivity contribution in [1.29, 1.82) is 0 Å². The third kappa shape index (κ3) is 6.26. The Balaban J connectivity index is 1.51. The smallest absolute Gasteiger partial charge is 0.242 e. The summed E-state index contributed by atoms with van der Waals surface area (Å²) in [6, 6.07) is 25.4. The average Bonchev–Trinajstić information content (AvgIpc) is 2.85. The number of hydrogen-bond donors (Lipinski definition) is 2. The summed E-state index contributed by atoms with van der Waals surface area (Å²) in [7, 11) is 0. The Kier molecular flexibility index (Phi) is 7.84. The number of aryl methyl sites for hydroxylation is 1. The summed E-state index contributed by atoms with van der Waals surface area (Å²) in [4.78, 5) is 27.0. The first-order valence-electron chi connectivity index (χ1n) is 11.6. The van der Waals surface area contributed by atoms with Crippen LogP contribution in [0.25, 0.3) is 0 Å². The van der Waals surface area contributed by atoms with E-state index in [9.17, 15) is 9.59 Å². The summed E-state index contributed by atoms with van der Waals surface area (Å²) in [5.74, 6) is 0.137. The lowest BCUT2D eigenvalue weighted by Crippen LogP contribution is -2.24. The van der Waals surface area contributed by atoms with Crippen molar-refractivity contribution in [3.63, 3.8) is 0 Å². The summed E-state index contributed by atoms with van der Waals surface area (Å²) in [6.07, 6.45) is 5.41. The molecular weight excluding hydrogens is 428 g/mol. The van der Waals surface area contributed by atoms with Gasteiger partial charge in [-0.1, -0.05) is 73.9 Å². The lowest BCUT2D eigenvalue weighted by Gasteiger charge is -2.21. The molecule has 1 unspecified atom stereocenters. The third-order valence-corrected chi connectivity index (χ3v) is 7.32. The molecule has 0 bridgehead atoms. The van der Waals surface area contributed by atoms with Crippen LogP contribution in [-0.4, -0.2) is 11.8 Å². The van der Waals surface area contributed by atoms with Gasteiger partial charge in [0, 0.05) is 22.2 Å². The first-order chi connectivity index (χ1) is 16.1. The number of hydrogen-bond acceptors (Lipinski definition) is 3. The quantitative estimate of drug-likeness (QED) is 0.375. The van der Waals surface area contributed by atoms with E-state index < -0.39 is 5.25 Å². The molecule has 1 fully saturated rings. The topological polar surface area (TPSA) is 58.2 Å². The van der Waals surface area contributed by atoms with Gasteiger partial charge in [-0.15, -0.1) is 11.8 Å². The molecule has 0 spiro atoms. The van der Waals surface area contributed by atoms with Gasteiger partial charge >= 0.3 is 0 Å². The van der Waals surface area contributed by atoms with E-state index in [2.05, 4.69) is 10.6 Å². The monoisotopic (exact) mass is 458 g/mol. The second kappa shape index (κ2) is 11.2. The molecule has 0 radical (unpaired) electrons. The maximum Gasteiger partial charge on any atom is 0.242 e. The molecule has 0 aromatic heterocycles. The zero-order chi connectivity index (χ0) is 23.0. The van der Waals surface area contributed by atoms with Crippen LogP contribution in [0, 0.1) is 12.8 Å². The van der Waals surface area contributed by atoms with Crippen LogP contribution in [0.5, 0.6) is 0 Å². The highest BCUT2D eigenvalue weighted by atomic mass is 32.2. The summed E-state index contributed by atoms with van der Waals surface area (Å²) in [6.45, 7) is 1.98. The number of carbonyl (C=O) groups is 2. The summed E-state index contributed by atoms with van der Waals surface area (Å²) in [5.41, 5.74) is 3.56. The van der Waals surface area contributed by atoms with Gasteiger partial charge in [-0.3, -0.25) is 9.59 Å². The fraction of sp³-hybridized carbons (Fsp3) is 0.286. The van der Waals surface area contributed by atoms with Crippen LogP contribution >= 0.6 is 11.8 Å². The van der Waals surface area contributed by atoms with Gasteiger partial charge < -0.3 is 10.6 Å². The Morgan fingerprint density at radius 2 is 1.58 bits per heavy atom. The van der Waals surface area contributed by atoms with Crippen molar-refractivity contribution in [3.8, 4) is 0 Å². The fourth-order valence-corrected chi connectivity index (χ4v) is 5.29. The number of carbonyl (C=O) groups excluding carboxylic acids is 2. The zero-order valence-electron chi connectivity index (χ0n) is 18.9. The summed E-state index contributed by atoms with van der Waals surface area (Å²) >= 11 is 1.49. The number of nitrogens with one attached hydrogen (secondary N) is 2. The molecule has 0 heterocycles. The average molecular weight is 459 g/mol. The van der Waals surface area contributed by atoms with Crippen LogP contribution in [0.3, 0.4) is 0 Å². The molecule has 33 heavy (non-hydrogen) atoms. The minimum Gasteiger partial charge on any atom is -0.326 e. The van der Waals surface area contributed by atoms with Crippen molar-refractivity contribution in [2.75, 3.05) is 10.6 Å². The minimum absolute atomic E-state index is 0.0721. The second-order valence-electron chi connectivity index (χ2n) is 8.56. The zero-order valence-corrected chi connectivity index (χ0v) is 19.7. The van der Waals surface area contributed by atoms with Gasteiger partial charge in [-0.2, -0.15) is 0 Å². The number of rotatable bonds is 7. The predicted molar refractivity (Wildman–Crippen MR) is 136 cm³/mol. The molecule has 1 aliphatic carbocycles. The first-order valence-corrected chi connectivity index (χ1v) is 12.5. The molecule has 4 nitrogen and oxygen atoms in total. The first kappa shape index (κ1) is 23.1. The SMILES string of the molecule is Cc1ccccc1NC(=O)C(Sc1cccc(NC(=O)C2CCCCC2)c1)c1ccccc1. The van der Waals surface area contributed by atoms with Gasteiger partial charge in [-0.05, 0) is 55.2 Å². The van der Waals surface area contributed by atoms with E-state index >= 15 is 0 Å². The highest BCUT2D eigenvalue weighted by Crippen LogP contribution is 2.37. The molecule has 1 saturated carbocycles. The molecule has 0 aliphatic heterocycles. The number of amides is 2. The largest absolute Gasteiger partial charge is 0.326 e. The van der Waals surface area contributed by atoms with E-state index in [-0.39, 0.29) is 17.7 Å². The molecule has 3 aromatic rings. The van der Waals surface area contributed by atoms with Crippen molar-refractivity contribution < 1.29 is 9.59 Å². The highest BCUT2D eigenvalue weighted by molar-refractivity contribution is 8.00. The molecule has 2 N–H and O–H groups in total. The molecule has 170 valence electrons. The van der Waals surface area contributed by atoms with E-state index in [0.717, 1.165) is 53.1 Å². The molecule has 3 aromatic carbocycles. The molecule has 4 rings (SSSR count). The van der Waals surface area contributed by atoms with Gasteiger partial charge in [0.2, 0.25) is 11.8 Å². The van der Waals surface area contributed by atoms with Gasteiger partial charge in [0.1, 0.15) is 5.25 Å². The predicted octanol–water partition coefficient (Wildman–Crippen LogP) is 6.99. The maximum atomic E-state index is 13.3. The van der Waals surface area contributed by atoms with Gasteiger partial charge in [0.25, 0.3) is 0 Å². The fourth-order valence-electron chi connectivity index (χ4n) is 4.20. The lowest BCUT2D eigenvalue weighted by molar-refractivity contribution is -0.120. The summed E-state index contributed by atoms with van der Waals surface area (Å²) in [5, 5.41) is 5.76. The number of anilines is 2. The second-order valence-corrected chi connectivity index (χ2v) is 9.74. The van der Waals surface area contributed by atoms with Gasteiger partial charge in [0.15, 0.2) is 0 Å². The van der Waals surface area contributed by atoms with Crippen LogP contribution in [-0.2, 0) is 9.59 Å². The highest BCUT2D eigenvalue weighted by Gasteiger charge is 2.24. The molecule has 1 atom stereocenters. The Bertz CT molecular complexity index is 1090. The minimum atomic E-state index is -0.421. The van der Waals surface area contributed by atoms with E-state index in [1.807, 2.05) is 85.8 Å². The Morgan fingerprint density at radius 3 is 2.33 bits per heavy atom. The molecule has 0 saturated heterocycles. The van der Waals surface area contributed by atoms with Crippen molar-refractivity contribution >= 4 is 35.0 Å². The third-order valence-electron chi connectivity index (χ3n) is 6.07. The van der Waals surface area contributed by atoms with E-state index in [1.54, 1.807) is 0 Å².